The summed E-state index contributed by atoms with van der Waals surface area (Å²) in [5.74, 6) is -0.131. The van der Waals surface area contributed by atoms with Crippen LogP contribution < -0.4 is 0 Å². The molecule has 1 saturated heterocycles. The number of carbonyl (C=O) groups is 2. The number of ether oxygens (including phenoxy) is 1. The number of rotatable bonds is 4. The molecule has 0 N–H and O–H groups in total. The average Bonchev–Trinajstić information content (AvgIpc) is 2.97. The number of aryl methyl sites for hydroxylation is 1. The molecule has 2 heterocycles. The molecule has 1 aliphatic heterocycles. The van der Waals surface area contributed by atoms with Crippen LogP contribution in [-0.2, 0) is 20.7 Å². The van der Waals surface area contributed by atoms with Gasteiger partial charge in [-0.15, -0.1) is 0 Å². The first-order valence-corrected chi connectivity index (χ1v) is 8.49. The van der Waals surface area contributed by atoms with E-state index in [0.717, 1.165) is 22.1 Å². The van der Waals surface area contributed by atoms with Gasteiger partial charge in [0.1, 0.15) is 5.58 Å². The van der Waals surface area contributed by atoms with E-state index in [1.54, 1.807) is 6.26 Å². The lowest BCUT2D eigenvalue weighted by Crippen LogP contribution is -2.41. The minimum atomic E-state index is -0.138. The van der Waals surface area contributed by atoms with Gasteiger partial charge in [-0.25, -0.2) is 0 Å². The number of hydrogen-bond donors (Lipinski definition) is 0. The summed E-state index contributed by atoms with van der Waals surface area (Å²) in [6.07, 6.45) is 3.36. The third kappa shape index (κ3) is 3.45. The molecule has 2 aromatic rings. The van der Waals surface area contributed by atoms with Crippen molar-refractivity contribution in [2.75, 3.05) is 19.7 Å². The summed E-state index contributed by atoms with van der Waals surface area (Å²) in [5.41, 5.74) is 2.87. The molecule has 1 amide bonds. The SMILES string of the molecule is CCOC(=O)C1CCN(C(=O)Cc2coc3cc(C)ccc23)CC1. The van der Waals surface area contributed by atoms with E-state index in [9.17, 15) is 9.59 Å². The summed E-state index contributed by atoms with van der Waals surface area (Å²) in [4.78, 5) is 26.1. The van der Waals surface area contributed by atoms with Crippen molar-refractivity contribution >= 4 is 22.8 Å². The van der Waals surface area contributed by atoms with Crippen LogP contribution in [0.1, 0.15) is 30.9 Å². The largest absolute Gasteiger partial charge is 0.466 e. The number of carbonyl (C=O) groups excluding carboxylic acids is 2. The Bertz CT molecular complexity index is 741. The third-order valence-corrected chi connectivity index (χ3v) is 4.62. The van der Waals surface area contributed by atoms with Crippen LogP contribution in [0.25, 0.3) is 11.0 Å². The summed E-state index contributed by atoms with van der Waals surface area (Å²) in [5, 5.41) is 0.996. The van der Waals surface area contributed by atoms with Crippen molar-refractivity contribution in [3.63, 3.8) is 0 Å². The topological polar surface area (TPSA) is 59.8 Å². The first-order valence-electron chi connectivity index (χ1n) is 8.49. The molecule has 0 unspecified atom stereocenters. The zero-order chi connectivity index (χ0) is 17.1. The number of nitrogens with zero attached hydrogens (tertiary/aromatic N) is 1. The molecule has 0 bridgehead atoms. The molecule has 0 radical (unpaired) electrons. The maximum absolute atomic E-state index is 12.5. The molecule has 1 aliphatic rings. The van der Waals surface area contributed by atoms with Crippen LogP contribution in [0, 0.1) is 12.8 Å². The fraction of sp³-hybridized carbons (Fsp3) is 0.474. The van der Waals surface area contributed by atoms with Crippen molar-refractivity contribution in [3.05, 3.63) is 35.6 Å². The highest BCUT2D eigenvalue weighted by Crippen LogP contribution is 2.24. The third-order valence-electron chi connectivity index (χ3n) is 4.62. The highest BCUT2D eigenvalue weighted by Gasteiger charge is 2.28. The quantitative estimate of drug-likeness (QED) is 0.809. The number of piperidine rings is 1. The number of fused-ring (bicyclic) bond motifs is 1. The molecule has 0 aliphatic carbocycles. The number of amides is 1. The molecule has 1 fully saturated rings. The van der Waals surface area contributed by atoms with Gasteiger partial charge in [0.2, 0.25) is 5.91 Å². The monoisotopic (exact) mass is 329 g/mol. The van der Waals surface area contributed by atoms with Gasteiger partial charge in [-0.05, 0) is 38.3 Å². The van der Waals surface area contributed by atoms with Crippen molar-refractivity contribution in [2.24, 2.45) is 5.92 Å². The molecule has 1 aromatic heterocycles. The maximum Gasteiger partial charge on any atom is 0.309 e. The molecule has 128 valence electrons. The van der Waals surface area contributed by atoms with Gasteiger partial charge >= 0.3 is 5.97 Å². The minimum absolute atomic E-state index is 0.0771. The van der Waals surface area contributed by atoms with E-state index in [2.05, 4.69) is 0 Å². The summed E-state index contributed by atoms with van der Waals surface area (Å²) in [6.45, 7) is 5.45. The van der Waals surface area contributed by atoms with E-state index in [-0.39, 0.29) is 17.8 Å². The van der Waals surface area contributed by atoms with E-state index in [0.29, 0.717) is 39.0 Å². The molecule has 0 atom stereocenters. The lowest BCUT2D eigenvalue weighted by molar-refractivity contribution is -0.151. The van der Waals surface area contributed by atoms with Crippen LogP contribution in [0.2, 0.25) is 0 Å². The van der Waals surface area contributed by atoms with Crippen molar-refractivity contribution in [1.29, 1.82) is 0 Å². The summed E-state index contributed by atoms with van der Waals surface area (Å²) in [7, 11) is 0. The highest BCUT2D eigenvalue weighted by atomic mass is 16.5. The Balaban J connectivity index is 1.60. The maximum atomic E-state index is 12.5. The van der Waals surface area contributed by atoms with Gasteiger partial charge < -0.3 is 14.1 Å². The fourth-order valence-electron chi connectivity index (χ4n) is 3.23. The minimum Gasteiger partial charge on any atom is -0.466 e. The molecule has 5 nitrogen and oxygen atoms in total. The smallest absolute Gasteiger partial charge is 0.309 e. The summed E-state index contributed by atoms with van der Waals surface area (Å²) < 4.78 is 10.6. The Hall–Kier alpha value is -2.30. The second-order valence-electron chi connectivity index (χ2n) is 6.34. The Morgan fingerprint density at radius 2 is 2.04 bits per heavy atom. The Kier molecular flexibility index (Phi) is 4.88. The van der Waals surface area contributed by atoms with E-state index >= 15 is 0 Å². The highest BCUT2D eigenvalue weighted by molar-refractivity contribution is 5.88. The molecule has 1 aromatic carbocycles. The predicted molar refractivity (Wildman–Crippen MR) is 90.6 cm³/mol. The van der Waals surface area contributed by atoms with Gasteiger partial charge in [0.25, 0.3) is 0 Å². The molecule has 0 spiro atoms. The van der Waals surface area contributed by atoms with E-state index in [4.69, 9.17) is 9.15 Å². The molecule has 0 saturated carbocycles. The lowest BCUT2D eigenvalue weighted by Gasteiger charge is -2.30. The second-order valence-corrected chi connectivity index (χ2v) is 6.34. The average molecular weight is 329 g/mol. The standard InChI is InChI=1S/C19H23NO4/c1-3-23-19(22)14-6-8-20(9-7-14)18(21)11-15-12-24-17-10-13(2)4-5-16(15)17/h4-5,10,12,14H,3,6-9,11H2,1-2H3. The molecule has 3 rings (SSSR count). The Labute approximate surface area is 141 Å². The zero-order valence-electron chi connectivity index (χ0n) is 14.2. The number of likely N-dealkylation sites (tertiary alicyclic amines) is 1. The summed E-state index contributed by atoms with van der Waals surface area (Å²) >= 11 is 0. The number of furan rings is 1. The van der Waals surface area contributed by atoms with Crippen LogP contribution in [0.3, 0.4) is 0 Å². The van der Waals surface area contributed by atoms with Gasteiger partial charge in [0.05, 0.1) is 25.2 Å². The summed E-state index contributed by atoms with van der Waals surface area (Å²) in [6, 6.07) is 6.01. The van der Waals surface area contributed by atoms with Gasteiger partial charge in [0, 0.05) is 24.0 Å². The lowest BCUT2D eigenvalue weighted by atomic mass is 9.96. The van der Waals surface area contributed by atoms with E-state index < -0.39 is 0 Å². The first-order chi connectivity index (χ1) is 11.6. The van der Waals surface area contributed by atoms with Gasteiger partial charge in [0.15, 0.2) is 0 Å². The van der Waals surface area contributed by atoms with Gasteiger partial charge in [-0.1, -0.05) is 12.1 Å². The number of esters is 1. The second kappa shape index (κ2) is 7.07. The first kappa shape index (κ1) is 16.6. The Morgan fingerprint density at radius 3 is 2.75 bits per heavy atom. The molecular formula is C19H23NO4. The van der Waals surface area contributed by atoms with Gasteiger partial charge in [-0.2, -0.15) is 0 Å². The van der Waals surface area contributed by atoms with E-state index in [1.165, 1.54) is 0 Å². The zero-order valence-corrected chi connectivity index (χ0v) is 14.2. The van der Waals surface area contributed by atoms with Crippen molar-refractivity contribution in [1.82, 2.24) is 4.90 Å². The van der Waals surface area contributed by atoms with Crippen molar-refractivity contribution in [2.45, 2.75) is 33.1 Å². The number of benzene rings is 1. The fourth-order valence-corrected chi connectivity index (χ4v) is 3.23. The van der Waals surface area contributed by atoms with Crippen LogP contribution in [0.5, 0.6) is 0 Å². The molecule has 24 heavy (non-hydrogen) atoms. The van der Waals surface area contributed by atoms with Crippen LogP contribution >= 0.6 is 0 Å². The van der Waals surface area contributed by atoms with E-state index in [1.807, 2.05) is 36.9 Å². The van der Waals surface area contributed by atoms with Gasteiger partial charge in [-0.3, -0.25) is 9.59 Å². The van der Waals surface area contributed by atoms with Crippen molar-refractivity contribution < 1.29 is 18.7 Å². The predicted octanol–water partition coefficient (Wildman–Crippen LogP) is 3.09. The van der Waals surface area contributed by atoms with Crippen LogP contribution in [-0.4, -0.2) is 36.5 Å². The number of hydrogen-bond acceptors (Lipinski definition) is 4. The normalized spacial score (nSPS) is 15.7. The van der Waals surface area contributed by atoms with Crippen LogP contribution in [0.15, 0.2) is 28.9 Å². The Morgan fingerprint density at radius 1 is 1.29 bits per heavy atom. The van der Waals surface area contributed by atoms with Crippen molar-refractivity contribution in [3.8, 4) is 0 Å². The molecule has 5 heteroatoms. The molecular weight excluding hydrogens is 306 g/mol. The van der Waals surface area contributed by atoms with Crippen LogP contribution in [0.4, 0.5) is 0 Å².